The van der Waals surface area contributed by atoms with Gasteiger partial charge in [0.05, 0.1) is 18.2 Å². The predicted molar refractivity (Wildman–Crippen MR) is 104 cm³/mol. The molecule has 0 radical (unpaired) electrons. The fourth-order valence-electron chi connectivity index (χ4n) is 3.16. The molecule has 0 aliphatic carbocycles. The number of aliphatic hydroxyl groups excluding tert-OH is 1. The third-order valence-corrected chi connectivity index (χ3v) is 4.84. The van der Waals surface area contributed by atoms with Crippen LogP contribution >= 0.6 is 11.6 Å². The van der Waals surface area contributed by atoms with E-state index in [1.54, 1.807) is 24.3 Å². The molecule has 0 aromatic heterocycles. The first-order valence-corrected chi connectivity index (χ1v) is 8.91. The minimum Gasteiger partial charge on any atom is -0.507 e. The summed E-state index contributed by atoms with van der Waals surface area (Å²) in [5, 5.41) is 11.4. The fourth-order valence-corrected chi connectivity index (χ4v) is 3.28. The van der Waals surface area contributed by atoms with Crippen molar-refractivity contribution in [2.45, 2.75) is 13.0 Å². The molecule has 1 saturated heterocycles. The highest BCUT2D eigenvalue weighted by Crippen LogP contribution is 2.39. The van der Waals surface area contributed by atoms with Crippen LogP contribution in [0.5, 0.6) is 0 Å². The average Bonchev–Trinajstić information content (AvgIpc) is 2.91. The van der Waals surface area contributed by atoms with Crippen LogP contribution in [0.15, 0.2) is 54.1 Å². The maximum Gasteiger partial charge on any atom is 0.295 e. The van der Waals surface area contributed by atoms with Gasteiger partial charge in [-0.15, -0.1) is 0 Å². The number of hydrogen-bond donors (Lipinski definition) is 1. The smallest absolute Gasteiger partial charge is 0.295 e. The molecule has 140 valence electrons. The van der Waals surface area contributed by atoms with Crippen molar-refractivity contribution >= 4 is 29.1 Å². The number of halogens is 1. The zero-order valence-electron chi connectivity index (χ0n) is 15.1. The summed E-state index contributed by atoms with van der Waals surface area (Å²) in [5.41, 5.74) is 2.32. The third kappa shape index (κ3) is 3.75. The van der Waals surface area contributed by atoms with Gasteiger partial charge in [-0.25, -0.2) is 0 Å². The quantitative estimate of drug-likeness (QED) is 0.484. The van der Waals surface area contributed by atoms with Crippen molar-refractivity contribution in [2.75, 3.05) is 20.3 Å². The Hall–Kier alpha value is -2.63. The molecule has 1 unspecified atom stereocenters. The Labute approximate surface area is 162 Å². The summed E-state index contributed by atoms with van der Waals surface area (Å²) >= 11 is 5.91. The molecule has 1 aliphatic heterocycles. The SMILES string of the molecule is COCCN1C(=O)C(=O)/C(=C(/O)c2ccc(Cl)cc2)C1c1ccc(C)cc1. The molecule has 3 rings (SSSR count). The molecule has 2 aromatic carbocycles. The lowest BCUT2D eigenvalue weighted by Crippen LogP contribution is -2.32. The predicted octanol–water partition coefficient (Wildman–Crippen LogP) is 3.72. The van der Waals surface area contributed by atoms with Crippen LogP contribution < -0.4 is 0 Å². The van der Waals surface area contributed by atoms with Gasteiger partial charge in [0.1, 0.15) is 5.76 Å². The number of Topliss-reactive ketones (excluding diaryl/α,β-unsaturated/α-hetero) is 1. The highest BCUT2D eigenvalue weighted by molar-refractivity contribution is 6.46. The highest BCUT2D eigenvalue weighted by Gasteiger charge is 2.45. The summed E-state index contributed by atoms with van der Waals surface area (Å²) in [6.07, 6.45) is 0. The van der Waals surface area contributed by atoms with E-state index in [1.807, 2.05) is 31.2 Å². The maximum atomic E-state index is 12.7. The van der Waals surface area contributed by atoms with Crippen molar-refractivity contribution in [3.8, 4) is 0 Å². The Morgan fingerprint density at radius 1 is 1.11 bits per heavy atom. The molecule has 1 aliphatic rings. The van der Waals surface area contributed by atoms with Crippen LogP contribution in [-0.4, -0.2) is 42.0 Å². The van der Waals surface area contributed by atoms with E-state index in [-0.39, 0.29) is 24.5 Å². The molecule has 0 bridgehead atoms. The number of ketones is 1. The van der Waals surface area contributed by atoms with Gasteiger partial charge >= 0.3 is 0 Å². The standard InChI is InChI=1S/C21H20ClNO4/c1-13-3-5-14(6-4-13)18-17(19(24)15-7-9-16(22)10-8-15)20(25)21(26)23(18)11-12-27-2/h3-10,18,24H,11-12H2,1-2H3/b19-17+. The second-order valence-electron chi connectivity index (χ2n) is 6.40. The van der Waals surface area contributed by atoms with Crippen LogP contribution in [0, 0.1) is 6.92 Å². The van der Waals surface area contributed by atoms with Crippen molar-refractivity contribution in [3.05, 3.63) is 75.8 Å². The van der Waals surface area contributed by atoms with Crippen LogP contribution in [-0.2, 0) is 14.3 Å². The van der Waals surface area contributed by atoms with Crippen LogP contribution in [0.2, 0.25) is 5.02 Å². The number of carbonyl (C=O) groups is 2. The lowest BCUT2D eigenvalue weighted by Gasteiger charge is -2.25. The van der Waals surface area contributed by atoms with Crippen LogP contribution in [0.3, 0.4) is 0 Å². The Morgan fingerprint density at radius 3 is 2.33 bits per heavy atom. The topological polar surface area (TPSA) is 66.8 Å². The molecule has 1 amide bonds. The van der Waals surface area contributed by atoms with Gasteiger partial charge in [0.15, 0.2) is 0 Å². The Morgan fingerprint density at radius 2 is 1.74 bits per heavy atom. The number of methoxy groups -OCH3 is 1. The first kappa shape index (κ1) is 19.1. The number of hydrogen-bond acceptors (Lipinski definition) is 4. The summed E-state index contributed by atoms with van der Waals surface area (Å²) in [6, 6.07) is 13.4. The number of aliphatic hydroxyl groups is 1. The molecule has 1 atom stereocenters. The highest BCUT2D eigenvalue weighted by atomic mass is 35.5. The van der Waals surface area contributed by atoms with Gasteiger partial charge in [-0.2, -0.15) is 0 Å². The molecule has 2 aromatic rings. The van der Waals surface area contributed by atoms with Gasteiger partial charge in [-0.3, -0.25) is 9.59 Å². The summed E-state index contributed by atoms with van der Waals surface area (Å²) in [7, 11) is 1.53. The van der Waals surface area contributed by atoms with Crippen molar-refractivity contribution < 1.29 is 19.4 Å². The summed E-state index contributed by atoms with van der Waals surface area (Å²) in [5.74, 6) is -1.56. The number of carbonyl (C=O) groups excluding carboxylic acids is 2. The minimum absolute atomic E-state index is 0.0716. The number of rotatable bonds is 5. The summed E-state index contributed by atoms with van der Waals surface area (Å²) < 4.78 is 5.09. The number of likely N-dealkylation sites (tertiary alicyclic amines) is 1. The van der Waals surface area contributed by atoms with Gasteiger partial charge < -0.3 is 14.7 Å². The molecule has 1 heterocycles. The van der Waals surface area contributed by atoms with E-state index >= 15 is 0 Å². The molecular formula is C21H20ClNO4. The molecule has 6 heteroatoms. The largest absolute Gasteiger partial charge is 0.507 e. The Balaban J connectivity index is 2.14. The fraction of sp³-hybridized carbons (Fsp3) is 0.238. The number of aryl methyl sites for hydroxylation is 1. The molecule has 0 spiro atoms. The number of nitrogens with zero attached hydrogens (tertiary/aromatic N) is 1. The maximum absolute atomic E-state index is 12.7. The lowest BCUT2D eigenvalue weighted by molar-refractivity contribution is -0.140. The molecule has 1 N–H and O–H groups in total. The number of benzene rings is 2. The van der Waals surface area contributed by atoms with E-state index in [0.29, 0.717) is 10.6 Å². The van der Waals surface area contributed by atoms with Crippen LogP contribution in [0.25, 0.3) is 5.76 Å². The summed E-state index contributed by atoms with van der Waals surface area (Å²) in [4.78, 5) is 26.8. The normalized spacial score (nSPS) is 18.9. The van der Waals surface area contributed by atoms with E-state index in [2.05, 4.69) is 0 Å². The molecular weight excluding hydrogens is 366 g/mol. The second kappa shape index (κ2) is 7.94. The van der Waals surface area contributed by atoms with Crippen molar-refractivity contribution in [2.24, 2.45) is 0 Å². The third-order valence-electron chi connectivity index (χ3n) is 4.59. The van der Waals surface area contributed by atoms with Crippen LogP contribution in [0.1, 0.15) is 22.7 Å². The van der Waals surface area contributed by atoms with E-state index in [9.17, 15) is 14.7 Å². The van der Waals surface area contributed by atoms with E-state index in [1.165, 1.54) is 12.0 Å². The minimum atomic E-state index is -0.705. The van der Waals surface area contributed by atoms with Crippen molar-refractivity contribution in [1.82, 2.24) is 4.90 Å². The monoisotopic (exact) mass is 385 g/mol. The lowest BCUT2D eigenvalue weighted by atomic mass is 9.95. The zero-order chi connectivity index (χ0) is 19.6. The Bertz CT molecular complexity index is 887. The van der Waals surface area contributed by atoms with Crippen molar-refractivity contribution in [1.29, 1.82) is 0 Å². The van der Waals surface area contributed by atoms with Gasteiger partial charge in [-0.1, -0.05) is 41.4 Å². The first-order chi connectivity index (χ1) is 12.9. The van der Waals surface area contributed by atoms with E-state index in [0.717, 1.165) is 11.1 Å². The zero-order valence-corrected chi connectivity index (χ0v) is 15.9. The van der Waals surface area contributed by atoms with Gasteiger partial charge in [0.25, 0.3) is 11.7 Å². The molecule has 1 fully saturated rings. The summed E-state index contributed by atoms with van der Waals surface area (Å²) in [6.45, 7) is 2.49. The molecule has 0 saturated carbocycles. The second-order valence-corrected chi connectivity index (χ2v) is 6.84. The van der Waals surface area contributed by atoms with Crippen molar-refractivity contribution in [3.63, 3.8) is 0 Å². The van der Waals surface area contributed by atoms with Gasteiger partial charge in [0, 0.05) is 24.2 Å². The van der Waals surface area contributed by atoms with E-state index in [4.69, 9.17) is 16.3 Å². The van der Waals surface area contributed by atoms with E-state index < -0.39 is 17.7 Å². The van der Waals surface area contributed by atoms with Gasteiger partial charge in [-0.05, 0) is 36.8 Å². The first-order valence-electron chi connectivity index (χ1n) is 8.54. The van der Waals surface area contributed by atoms with Crippen LogP contribution in [0.4, 0.5) is 0 Å². The molecule has 5 nitrogen and oxygen atoms in total. The number of amides is 1. The Kier molecular flexibility index (Phi) is 5.63. The average molecular weight is 386 g/mol. The van der Waals surface area contributed by atoms with Gasteiger partial charge in [0.2, 0.25) is 0 Å². The molecule has 27 heavy (non-hydrogen) atoms. The number of ether oxygens (including phenoxy) is 1.